The normalized spacial score (nSPS) is 23.1. The minimum Gasteiger partial charge on any atom is -0.496 e. The minimum atomic E-state index is -0.262. The maximum atomic E-state index is 13.6. The highest BCUT2D eigenvalue weighted by atomic mass is 32.1. The van der Waals surface area contributed by atoms with Crippen LogP contribution in [0.25, 0.3) is 6.08 Å². The third-order valence-electron chi connectivity index (χ3n) is 7.73. The Kier molecular flexibility index (Phi) is 7.44. The quantitative estimate of drug-likeness (QED) is 0.328. The molecular weight excluding hydrogens is 468 g/mol. The van der Waals surface area contributed by atoms with Crippen molar-refractivity contribution in [3.8, 4) is 5.75 Å². The summed E-state index contributed by atoms with van der Waals surface area (Å²) in [6, 6.07) is 18.4. The molecular formula is C30H35N2O3S+. The largest absolute Gasteiger partial charge is 0.496 e. The number of thiophene rings is 1. The zero-order chi connectivity index (χ0) is 25.0. The highest BCUT2D eigenvalue weighted by Crippen LogP contribution is 2.36. The van der Waals surface area contributed by atoms with Gasteiger partial charge in [0.05, 0.1) is 33.3 Å². The fourth-order valence-electron chi connectivity index (χ4n) is 5.64. The summed E-state index contributed by atoms with van der Waals surface area (Å²) >= 11 is 1.64. The molecule has 1 atom stereocenters. The maximum absolute atomic E-state index is 13.6. The monoisotopic (exact) mass is 503 g/mol. The average molecular weight is 504 g/mol. The summed E-state index contributed by atoms with van der Waals surface area (Å²) in [4.78, 5) is 15.4. The van der Waals surface area contributed by atoms with Crippen molar-refractivity contribution in [2.45, 2.75) is 32.4 Å². The van der Waals surface area contributed by atoms with Crippen LogP contribution in [0.1, 0.15) is 29.5 Å². The summed E-state index contributed by atoms with van der Waals surface area (Å²) in [6.07, 6.45) is 6.43. The van der Waals surface area contributed by atoms with Gasteiger partial charge in [-0.1, -0.05) is 36.4 Å². The molecule has 0 radical (unpaired) electrons. The van der Waals surface area contributed by atoms with Gasteiger partial charge in [-0.2, -0.15) is 11.3 Å². The van der Waals surface area contributed by atoms with Crippen molar-refractivity contribution in [1.29, 1.82) is 0 Å². The molecule has 0 unspecified atom stereocenters. The van der Waals surface area contributed by atoms with Crippen LogP contribution in [0.5, 0.6) is 5.75 Å². The van der Waals surface area contributed by atoms with Crippen molar-refractivity contribution < 1.29 is 18.8 Å². The second kappa shape index (κ2) is 10.9. The summed E-state index contributed by atoms with van der Waals surface area (Å²) < 4.78 is 12.7. The molecule has 6 rings (SSSR count). The number of ether oxygens (including phenoxy) is 2. The molecule has 3 fully saturated rings. The van der Waals surface area contributed by atoms with Gasteiger partial charge in [0, 0.05) is 24.4 Å². The predicted molar refractivity (Wildman–Crippen MR) is 146 cm³/mol. The van der Waals surface area contributed by atoms with Crippen LogP contribution in [-0.4, -0.2) is 50.0 Å². The maximum Gasteiger partial charge on any atom is 0.415 e. The molecule has 3 aliphatic rings. The minimum absolute atomic E-state index is 0.0468. The topological polar surface area (TPSA) is 38.8 Å². The number of rotatable bonds is 8. The zero-order valence-corrected chi connectivity index (χ0v) is 22.0. The SMILES string of the molecule is COc1ccc(N(Cc2ccsc2)C(=O)O[C@H]2C[N+]3(C/C=C/c4ccccc4)CCC2CC3)cc1C. The Morgan fingerprint density at radius 2 is 1.94 bits per heavy atom. The highest BCUT2D eigenvalue weighted by Gasteiger charge is 2.47. The van der Waals surface area contributed by atoms with Crippen LogP contribution < -0.4 is 9.64 Å². The number of carbonyl (C=O) groups is 1. The predicted octanol–water partition coefficient (Wildman–Crippen LogP) is 6.53. The molecule has 0 aliphatic carbocycles. The van der Waals surface area contributed by atoms with Gasteiger partial charge < -0.3 is 14.0 Å². The van der Waals surface area contributed by atoms with Crippen LogP contribution >= 0.6 is 11.3 Å². The van der Waals surface area contributed by atoms with Gasteiger partial charge in [-0.3, -0.25) is 4.90 Å². The summed E-state index contributed by atoms with van der Waals surface area (Å²) in [5, 5.41) is 4.13. The van der Waals surface area contributed by atoms with Crippen LogP contribution in [0.15, 0.2) is 71.4 Å². The number of nitrogens with zero attached hydrogens (tertiary/aromatic N) is 2. The first-order valence-electron chi connectivity index (χ1n) is 12.8. The van der Waals surface area contributed by atoms with E-state index in [1.54, 1.807) is 23.3 Å². The van der Waals surface area contributed by atoms with Gasteiger partial charge in [0.15, 0.2) is 6.10 Å². The molecule has 2 bridgehead atoms. The number of amides is 1. The number of aryl methyl sites for hydroxylation is 1. The lowest BCUT2D eigenvalue weighted by molar-refractivity contribution is -0.941. The molecule has 3 aliphatic heterocycles. The number of hydrogen-bond donors (Lipinski definition) is 0. The Morgan fingerprint density at radius 1 is 1.14 bits per heavy atom. The fraction of sp³-hybridized carbons (Fsp3) is 0.367. The van der Waals surface area contributed by atoms with E-state index in [2.05, 4.69) is 47.9 Å². The lowest BCUT2D eigenvalue weighted by Gasteiger charge is -2.51. The fourth-order valence-corrected chi connectivity index (χ4v) is 6.30. The summed E-state index contributed by atoms with van der Waals surface area (Å²) in [6.45, 7) is 6.68. The first-order chi connectivity index (χ1) is 17.5. The number of carbonyl (C=O) groups excluding carboxylic acids is 1. The second-order valence-electron chi connectivity index (χ2n) is 10.1. The number of quaternary nitrogens is 1. The van der Waals surface area contributed by atoms with Gasteiger partial charge in [-0.05, 0) is 64.7 Å². The Bertz CT molecular complexity index is 1180. The van der Waals surface area contributed by atoms with Crippen molar-refractivity contribution in [2.24, 2.45) is 5.92 Å². The van der Waals surface area contributed by atoms with Gasteiger partial charge in [0.1, 0.15) is 12.3 Å². The van der Waals surface area contributed by atoms with Crippen LogP contribution in [0, 0.1) is 12.8 Å². The van der Waals surface area contributed by atoms with Crippen LogP contribution in [0.4, 0.5) is 10.5 Å². The molecule has 1 aromatic heterocycles. The van der Waals surface area contributed by atoms with Crippen LogP contribution in [-0.2, 0) is 11.3 Å². The van der Waals surface area contributed by atoms with Crippen LogP contribution in [0.3, 0.4) is 0 Å². The lowest BCUT2D eigenvalue weighted by Crippen LogP contribution is -2.64. The number of benzene rings is 2. The molecule has 0 N–H and O–H groups in total. The standard InChI is InChI=1S/C30H35N2O3S/c1-23-19-27(10-11-28(23)34-2)31(20-25-14-18-36-22-25)30(33)35-29-21-32(16-12-26(29)13-17-32)15-6-9-24-7-4-3-5-8-24/h3-11,14,18-19,22,26,29H,12-13,15-17,20-21H2,1-2H3/q+1/b9-6+/t26?,29-,32?/m0/s1. The Balaban J connectivity index is 1.30. The molecule has 1 amide bonds. The molecule has 3 saturated heterocycles. The molecule has 6 heteroatoms. The molecule has 0 saturated carbocycles. The number of methoxy groups -OCH3 is 1. The molecule has 3 aromatic rings. The summed E-state index contributed by atoms with van der Waals surface area (Å²) in [5.41, 5.74) is 4.16. The molecule has 2 aromatic carbocycles. The number of piperidine rings is 3. The summed E-state index contributed by atoms with van der Waals surface area (Å²) in [5.74, 6) is 1.27. The van der Waals surface area contributed by atoms with Gasteiger partial charge in [0.25, 0.3) is 0 Å². The second-order valence-corrected chi connectivity index (χ2v) is 10.9. The molecule has 36 heavy (non-hydrogen) atoms. The van der Waals surface area contributed by atoms with Crippen molar-refractivity contribution in [1.82, 2.24) is 0 Å². The molecule has 188 valence electrons. The van der Waals surface area contributed by atoms with Gasteiger partial charge in [-0.15, -0.1) is 0 Å². The van der Waals surface area contributed by atoms with Crippen molar-refractivity contribution in [2.75, 3.05) is 38.2 Å². The summed E-state index contributed by atoms with van der Waals surface area (Å²) in [7, 11) is 1.67. The van der Waals surface area contributed by atoms with Crippen LogP contribution in [0.2, 0.25) is 0 Å². The third-order valence-corrected chi connectivity index (χ3v) is 8.46. The van der Waals surface area contributed by atoms with E-state index in [9.17, 15) is 4.79 Å². The zero-order valence-electron chi connectivity index (χ0n) is 21.1. The number of fused-ring (bicyclic) bond motifs is 3. The Morgan fingerprint density at radius 3 is 2.64 bits per heavy atom. The Labute approximate surface area is 218 Å². The third kappa shape index (κ3) is 5.50. The van der Waals surface area contributed by atoms with Gasteiger partial charge in [0.2, 0.25) is 0 Å². The van der Waals surface area contributed by atoms with E-state index >= 15 is 0 Å². The first kappa shape index (κ1) is 24.6. The molecule has 0 spiro atoms. The van der Waals surface area contributed by atoms with Gasteiger partial charge in [-0.25, -0.2) is 4.79 Å². The lowest BCUT2D eigenvalue weighted by atomic mass is 9.83. The average Bonchev–Trinajstić information content (AvgIpc) is 3.42. The van der Waals surface area contributed by atoms with E-state index in [-0.39, 0.29) is 12.2 Å². The number of anilines is 1. The van der Waals surface area contributed by atoms with Crippen molar-refractivity contribution in [3.63, 3.8) is 0 Å². The molecule has 4 heterocycles. The van der Waals surface area contributed by atoms with E-state index in [0.29, 0.717) is 12.5 Å². The Hall–Kier alpha value is -3.09. The van der Waals surface area contributed by atoms with E-state index in [4.69, 9.17) is 9.47 Å². The van der Waals surface area contributed by atoms with E-state index in [1.165, 1.54) is 5.56 Å². The smallest absolute Gasteiger partial charge is 0.415 e. The van der Waals surface area contributed by atoms with Crippen molar-refractivity contribution in [3.05, 3.63) is 88.1 Å². The van der Waals surface area contributed by atoms with Gasteiger partial charge >= 0.3 is 6.09 Å². The van der Waals surface area contributed by atoms with Crippen molar-refractivity contribution >= 4 is 29.2 Å². The van der Waals surface area contributed by atoms with E-state index < -0.39 is 0 Å². The van der Waals surface area contributed by atoms with E-state index in [1.807, 2.05) is 36.6 Å². The first-order valence-corrected chi connectivity index (χ1v) is 13.7. The number of hydrogen-bond acceptors (Lipinski definition) is 4. The highest BCUT2D eigenvalue weighted by molar-refractivity contribution is 7.07. The molecule has 5 nitrogen and oxygen atoms in total. The van der Waals surface area contributed by atoms with E-state index in [0.717, 1.165) is 66.1 Å².